The van der Waals surface area contributed by atoms with E-state index < -0.39 is 0 Å². The van der Waals surface area contributed by atoms with Crippen molar-refractivity contribution in [2.75, 3.05) is 13.1 Å². The van der Waals surface area contributed by atoms with Crippen LogP contribution in [0.4, 0.5) is 0 Å². The minimum atomic E-state index is 0.625. The molecule has 1 saturated carbocycles. The van der Waals surface area contributed by atoms with Gasteiger partial charge in [0, 0.05) is 36.1 Å². The van der Waals surface area contributed by atoms with Gasteiger partial charge in [-0.3, -0.25) is 4.90 Å². The molecule has 1 N–H and O–H groups in total. The SMILES string of the molecule is CC1CN(C(c2cccs2)C2CC2)CC(C)N1. The van der Waals surface area contributed by atoms with Gasteiger partial charge < -0.3 is 5.32 Å². The van der Waals surface area contributed by atoms with Crippen LogP contribution in [0.15, 0.2) is 17.5 Å². The summed E-state index contributed by atoms with van der Waals surface area (Å²) in [4.78, 5) is 4.30. The highest BCUT2D eigenvalue weighted by atomic mass is 32.1. The van der Waals surface area contributed by atoms with Gasteiger partial charge in [0.1, 0.15) is 0 Å². The highest BCUT2D eigenvalue weighted by Crippen LogP contribution is 2.46. The van der Waals surface area contributed by atoms with Crippen LogP contribution in [0, 0.1) is 5.92 Å². The van der Waals surface area contributed by atoms with Gasteiger partial charge in [-0.05, 0) is 44.1 Å². The van der Waals surface area contributed by atoms with Gasteiger partial charge in [0.05, 0.1) is 0 Å². The van der Waals surface area contributed by atoms with Gasteiger partial charge in [-0.15, -0.1) is 11.3 Å². The van der Waals surface area contributed by atoms with E-state index in [4.69, 9.17) is 0 Å². The van der Waals surface area contributed by atoms with Crippen molar-refractivity contribution in [3.63, 3.8) is 0 Å². The highest BCUT2D eigenvalue weighted by molar-refractivity contribution is 7.10. The normalized spacial score (nSPS) is 32.6. The Labute approximate surface area is 108 Å². The molecule has 2 aliphatic rings. The van der Waals surface area contributed by atoms with Gasteiger partial charge >= 0.3 is 0 Å². The molecule has 1 aliphatic heterocycles. The summed E-state index contributed by atoms with van der Waals surface area (Å²) in [5.74, 6) is 0.922. The molecule has 3 heteroatoms. The average Bonchev–Trinajstić information content (AvgIpc) is 2.92. The molecule has 0 aromatic carbocycles. The Morgan fingerprint density at radius 1 is 1.29 bits per heavy atom. The zero-order valence-electron chi connectivity index (χ0n) is 10.7. The van der Waals surface area contributed by atoms with E-state index in [2.05, 4.69) is 41.6 Å². The number of nitrogens with one attached hydrogen (secondary N) is 1. The topological polar surface area (TPSA) is 15.3 Å². The third-order valence-electron chi connectivity index (χ3n) is 3.88. The summed E-state index contributed by atoms with van der Waals surface area (Å²) in [6.07, 6.45) is 2.85. The van der Waals surface area contributed by atoms with E-state index in [0.717, 1.165) is 5.92 Å². The van der Waals surface area contributed by atoms with Crippen LogP contribution in [0.2, 0.25) is 0 Å². The van der Waals surface area contributed by atoms with Crippen LogP contribution in [0.25, 0.3) is 0 Å². The van der Waals surface area contributed by atoms with Crippen LogP contribution in [0.3, 0.4) is 0 Å². The van der Waals surface area contributed by atoms with Gasteiger partial charge in [0.2, 0.25) is 0 Å². The zero-order valence-corrected chi connectivity index (χ0v) is 11.5. The third kappa shape index (κ3) is 2.56. The monoisotopic (exact) mass is 250 g/mol. The zero-order chi connectivity index (χ0) is 11.8. The largest absolute Gasteiger partial charge is 0.309 e. The molecular weight excluding hydrogens is 228 g/mol. The van der Waals surface area contributed by atoms with Crippen molar-refractivity contribution in [1.82, 2.24) is 10.2 Å². The molecule has 1 aromatic rings. The molecule has 0 bridgehead atoms. The Balaban J connectivity index is 1.79. The Hall–Kier alpha value is -0.380. The van der Waals surface area contributed by atoms with E-state index in [0.29, 0.717) is 18.1 Å². The number of thiophene rings is 1. The van der Waals surface area contributed by atoms with E-state index in [9.17, 15) is 0 Å². The molecule has 2 heterocycles. The lowest BCUT2D eigenvalue weighted by Gasteiger charge is -2.40. The molecular formula is C14H22N2S. The van der Waals surface area contributed by atoms with Crippen LogP contribution < -0.4 is 5.32 Å². The van der Waals surface area contributed by atoms with Gasteiger partial charge in [-0.2, -0.15) is 0 Å². The molecule has 1 aromatic heterocycles. The number of rotatable bonds is 3. The number of hydrogen-bond donors (Lipinski definition) is 1. The number of hydrogen-bond acceptors (Lipinski definition) is 3. The lowest BCUT2D eigenvalue weighted by molar-refractivity contribution is 0.112. The fourth-order valence-electron chi connectivity index (χ4n) is 3.18. The molecule has 0 amide bonds. The van der Waals surface area contributed by atoms with Crippen LogP contribution in [0.5, 0.6) is 0 Å². The van der Waals surface area contributed by atoms with E-state index in [-0.39, 0.29) is 0 Å². The lowest BCUT2D eigenvalue weighted by Crippen LogP contribution is -2.55. The maximum atomic E-state index is 3.63. The van der Waals surface area contributed by atoms with Crippen molar-refractivity contribution >= 4 is 11.3 Å². The van der Waals surface area contributed by atoms with E-state index in [1.54, 1.807) is 4.88 Å². The van der Waals surface area contributed by atoms with Crippen molar-refractivity contribution in [3.8, 4) is 0 Å². The van der Waals surface area contributed by atoms with Crippen molar-refractivity contribution in [3.05, 3.63) is 22.4 Å². The quantitative estimate of drug-likeness (QED) is 0.887. The number of piperazine rings is 1. The second-order valence-corrected chi connectivity index (χ2v) is 6.70. The molecule has 0 radical (unpaired) electrons. The first-order valence-corrected chi connectivity index (χ1v) is 7.65. The van der Waals surface area contributed by atoms with Crippen LogP contribution in [-0.2, 0) is 0 Å². The molecule has 3 rings (SSSR count). The summed E-state index contributed by atoms with van der Waals surface area (Å²) < 4.78 is 0. The number of nitrogens with zero attached hydrogens (tertiary/aromatic N) is 1. The van der Waals surface area contributed by atoms with Crippen molar-refractivity contribution in [2.45, 2.75) is 44.8 Å². The Bertz CT molecular complexity index is 348. The average molecular weight is 250 g/mol. The lowest BCUT2D eigenvalue weighted by atomic mass is 10.0. The van der Waals surface area contributed by atoms with Crippen molar-refractivity contribution in [2.24, 2.45) is 5.92 Å². The van der Waals surface area contributed by atoms with Gasteiger partial charge in [-0.1, -0.05) is 6.07 Å². The summed E-state index contributed by atoms with van der Waals surface area (Å²) in [6.45, 7) is 7.01. The second kappa shape index (κ2) is 4.71. The molecule has 94 valence electrons. The predicted molar refractivity (Wildman–Crippen MR) is 73.4 cm³/mol. The molecule has 0 spiro atoms. The molecule has 1 saturated heterocycles. The summed E-state index contributed by atoms with van der Waals surface area (Å²) in [6, 6.07) is 6.47. The van der Waals surface area contributed by atoms with Gasteiger partial charge in [0.15, 0.2) is 0 Å². The fourth-order valence-corrected chi connectivity index (χ4v) is 4.13. The maximum Gasteiger partial charge on any atom is 0.0470 e. The third-order valence-corrected chi connectivity index (χ3v) is 4.83. The molecule has 2 fully saturated rings. The molecule has 3 unspecified atom stereocenters. The Morgan fingerprint density at radius 3 is 2.53 bits per heavy atom. The first-order chi connectivity index (χ1) is 8.24. The highest BCUT2D eigenvalue weighted by Gasteiger charge is 2.39. The standard InChI is InChI=1S/C14H22N2S/c1-10-8-16(9-11(2)15-10)14(12-5-6-12)13-4-3-7-17-13/h3-4,7,10-12,14-15H,5-6,8-9H2,1-2H3. The molecule has 3 atom stereocenters. The van der Waals surface area contributed by atoms with Crippen LogP contribution in [0.1, 0.15) is 37.6 Å². The van der Waals surface area contributed by atoms with Crippen molar-refractivity contribution in [1.29, 1.82) is 0 Å². The first-order valence-electron chi connectivity index (χ1n) is 6.77. The predicted octanol–water partition coefficient (Wildman–Crippen LogP) is 2.88. The van der Waals surface area contributed by atoms with Gasteiger partial charge in [0.25, 0.3) is 0 Å². The Kier molecular flexibility index (Phi) is 3.24. The molecule has 2 nitrogen and oxygen atoms in total. The Morgan fingerprint density at radius 2 is 2.00 bits per heavy atom. The minimum Gasteiger partial charge on any atom is -0.309 e. The summed E-state index contributed by atoms with van der Waals surface area (Å²) in [5, 5.41) is 5.85. The molecule has 1 aliphatic carbocycles. The summed E-state index contributed by atoms with van der Waals surface area (Å²) in [7, 11) is 0. The fraction of sp³-hybridized carbons (Fsp3) is 0.714. The van der Waals surface area contributed by atoms with Crippen molar-refractivity contribution < 1.29 is 0 Å². The van der Waals surface area contributed by atoms with E-state index in [1.807, 2.05) is 11.3 Å². The second-order valence-electron chi connectivity index (χ2n) is 5.72. The summed E-state index contributed by atoms with van der Waals surface area (Å²) >= 11 is 1.93. The summed E-state index contributed by atoms with van der Waals surface area (Å²) in [5.41, 5.74) is 0. The molecule has 17 heavy (non-hydrogen) atoms. The minimum absolute atomic E-state index is 0.625. The maximum absolute atomic E-state index is 3.63. The van der Waals surface area contributed by atoms with Crippen LogP contribution >= 0.6 is 11.3 Å². The van der Waals surface area contributed by atoms with Crippen LogP contribution in [-0.4, -0.2) is 30.1 Å². The van der Waals surface area contributed by atoms with Gasteiger partial charge in [-0.25, -0.2) is 0 Å². The smallest absolute Gasteiger partial charge is 0.0470 e. The van der Waals surface area contributed by atoms with E-state index >= 15 is 0 Å². The van der Waals surface area contributed by atoms with E-state index in [1.165, 1.54) is 25.9 Å². The first kappa shape index (κ1) is 11.7.